The van der Waals surface area contributed by atoms with Crippen molar-refractivity contribution in [3.05, 3.63) is 90.0 Å². The molecule has 5 nitrogen and oxygen atoms in total. The Labute approximate surface area is 169 Å². The van der Waals surface area contributed by atoms with Gasteiger partial charge in [0.05, 0.1) is 21.8 Å². The van der Waals surface area contributed by atoms with E-state index in [2.05, 4.69) is 0 Å². The fourth-order valence-electron chi connectivity index (χ4n) is 3.47. The molecule has 1 aliphatic heterocycles. The molecule has 0 radical (unpaired) electrons. The number of nitrogens with zero attached hydrogens (tertiary/aromatic N) is 1. The minimum Gasteiger partial charge on any atom is -0.274 e. The van der Waals surface area contributed by atoms with Crippen LogP contribution in [-0.4, -0.2) is 37.4 Å². The van der Waals surface area contributed by atoms with Gasteiger partial charge < -0.3 is 0 Å². The van der Waals surface area contributed by atoms with Gasteiger partial charge in [-0.25, -0.2) is 8.42 Å². The summed E-state index contributed by atoms with van der Waals surface area (Å²) in [5.41, 5.74) is 2.51. The van der Waals surface area contributed by atoms with E-state index >= 15 is 0 Å². The van der Waals surface area contributed by atoms with E-state index in [-0.39, 0.29) is 35.4 Å². The molecule has 4 rings (SSSR count). The van der Waals surface area contributed by atoms with Crippen molar-refractivity contribution in [1.82, 2.24) is 4.90 Å². The van der Waals surface area contributed by atoms with Crippen LogP contribution in [0.1, 0.15) is 27.1 Å². The van der Waals surface area contributed by atoms with Crippen LogP contribution in [-0.2, 0) is 9.84 Å². The number of fused-ring (bicyclic) bond motifs is 1. The van der Waals surface area contributed by atoms with Crippen LogP contribution in [0.5, 0.6) is 0 Å². The van der Waals surface area contributed by atoms with Crippen molar-refractivity contribution in [2.45, 2.75) is 11.3 Å². The minimum absolute atomic E-state index is 0.0734. The zero-order chi connectivity index (χ0) is 20.4. The number of sulfone groups is 1. The smallest absolute Gasteiger partial charge is 0.261 e. The van der Waals surface area contributed by atoms with E-state index < -0.39 is 9.84 Å². The quantitative estimate of drug-likeness (QED) is 0.585. The molecule has 1 heterocycles. The number of hydrogen-bond donors (Lipinski definition) is 0. The molecule has 2 amide bonds. The molecule has 1 aliphatic rings. The lowest BCUT2D eigenvalue weighted by molar-refractivity contribution is 0.0654. The van der Waals surface area contributed by atoms with Crippen molar-refractivity contribution in [2.75, 3.05) is 12.3 Å². The Morgan fingerprint density at radius 2 is 1.28 bits per heavy atom. The number of hydrogen-bond acceptors (Lipinski definition) is 4. The summed E-state index contributed by atoms with van der Waals surface area (Å²) in [5.74, 6) is -0.873. The van der Waals surface area contributed by atoms with Gasteiger partial charge in [0.15, 0.2) is 9.84 Å². The van der Waals surface area contributed by atoms with Crippen molar-refractivity contribution in [1.29, 1.82) is 0 Å². The lowest BCUT2D eigenvalue weighted by Crippen LogP contribution is -2.31. The average Bonchev–Trinajstić information content (AvgIpc) is 2.99. The van der Waals surface area contributed by atoms with Crippen LogP contribution < -0.4 is 0 Å². The molecule has 3 aromatic carbocycles. The Hall–Kier alpha value is -3.25. The van der Waals surface area contributed by atoms with Crippen LogP contribution in [0, 0.1) is 0 Å². The highest BCUT2D eigenvalue weighted by Gasteiger charge is 2.34. The summed E-state index contributed by atoms with van der Waals surface area (Å²) in [6, 6.07) is 23.0. The molecule has 6 heteroatoms. The third kappa shape index (κ3) is 3.71. The van der Waals surface area contributed by atoms with Gasteiger partial charge in [-0.2, -0.15) is 0 Å². The van der Waals surface area contributed by atoms with Crippen LogP contribution >= 0.6 is 0 Å². The fourth-order valence-corrected chi connectivity index (χ4v) is 4.81. The summed E-state index contributed by atoms with van der Waals surface area (Å²) in [6.07, 6.45) is 0.184. The highest BCUT2D eigenvalue weighted by Crippen LogP contribution is 2.25. The van der Waals surface area contributed by atoms with Gasteiger partial charge >= 0.3 is 0 Å². The zero-order valence-corrected chi connectivity index (χ0v) is 16.4. The van der Waals surface area contributed by atoms with Crippen LogP contribution in [0.15, 0.2) is 83.8 Å². The van der Waals surface area contributed by atoms with Crippen LogP contribution in [0.2, 0.25) is 0 Å². The molecule has 0 bridgehead atoms. The summed E-state index contributed by atoms with van der Waals surface area (Å²) >= 11 is 0. The molecule has 0 saturated carbocycles. The summed E-state index contributed by atoms with van der Waals surface area (Å²) in [6.45, 7) is 0.0734. The van der Waals surface area contributed by atoms with Gasteiger partial charge in [0, 0.05) is 6.54 Å². The molecule has 0 fully saturated rings. The number of carbonyl (C=O) groups excluding carboxylic acids is 2. The first-order valence-corrected chi connectivity index (χ1v) is 11.0. The molecule has 29 heavy (non-hydrogen) atoms. The molecule has 0 aliphatic carbocycles. The summed E-state index contributed by atoms with van der Waals surface area (Å²) in [4.78, 5) is 26.1. The summed E-state index contributed by atoms with van der Waals surface area (Å²) in [7, 11) is -3.53. The van der Waals surface area contributed by atoms with Gasteiger partial charge in [0.25, 0.3) is 11.8 Å². The van der Waals surface area contributed by atoms with E-state index in [0.717, 1.165) is 16.0 Å². The molecule has 146 valence electrons. The van der Waals surface area contributed by atoms with E-state index in [0.29, 0.717) is 11.1 Å². The van der Waals surface area contributed by atoms with E-state index in [4.69, 9.17) is 0 Å². The van der Waals surface area contributed by atoms with Crippen molar-refractivity contribution in [3.8, 4) is 11.1 Å². The topological polar surface area (TPSA) is 71.5 Å². The second-order valence-electron chi connectivity index (χ2n) is 6.87. The molecule has 0 atom stereocenters. The third-order valence-electron chi connectivity index (χ3n) is 4.97. The first kappa shape index (κ1) is 19.1. The Balaban J connectivity index is 1.46. The summed E-state index contributed by atoms with van der Waals surface area (Å²) in [5, 5.41) is 0. The molecular weight excluding hydrogens is 386 g/mol. The maximum absolute atomic E-state index is 12.8. The maximum atomic E-state index is 12.8. The molecule has 0 aromatic heterocycles. The van der Waals surface area contributed by atoms with Gasteiger partial charge in [0.1, 0.15) is 0 Å². The molecule has 0 unspecified atom stereocenters. The predicted octanol–water partition coefficient (Wildman–Crippen LogP) is 3.81. The molecule has 0 saturated heterocycles. The third-order valence-corrected chi connectivity index (χ3v) is 6.77. The van der Waals surface area contributed by atoms with E-state index in [1.54, 1.807) is 42.5 Å². The van der Waals surface area contributed by atoms with E-state index in [1.807, 2.05) is 36.4 Å². The van der Waals surface area contributed by atoms with Gasteiger partial charge in [0.2, 0.25) is 0 Å². The second kappa shape index (κ2) is 7.64. The van der Waals surface area contributed by atoms with Crippen LogP contribution in [0.3, 0.4) is 0 Å². The lowest BCUT2D eigenvalue weighted by Gasteiger charge is -2.14. The number of rotatable bonds is 6. The Bertz CT molecular complexity index is 1150. The van der Waals surface area contributed by atoms with Gasteiger partial charge in [-0.05, 0) is 41.8 Å². The number of carbonyl (C=O) groups is 2. The normalized spacial score (nSPS) is 13.6. The minimum atomic E-state index is -3.53. The monoisotopic (exact) mass is 405 g/mol. The number of benzene rings is 3. The predicted molar refractivity (Wildman–Crippen MR) is 110 cm³/mol. The van der Waals surface area contributed by atoms with Crippen molar-refractivity contribution in [3.63, 3.8) is 0 Å². The number of amides is 2. The summed E-state index contributed by atoms with van der Waals surface area (Å²) < 4.78 is 25.6. The highest BCUT2D eigenvalue weighted by molar-refractivity contribution is 7.91. The standard InChI is InChI=1S/C23H19NO4S/c25-22-20-12-4-5-13-21(20)23(26)24(22)14-7-15-29(27,28)19-11-6-10-18(16-19)17-8-2-1-3-9-17/h1-6,8-13,16H,7,14-15H2. The fraction of sp³-hybridized carbons (Fsp3) is 0.130. The molecule has 0 spiro atoms. The second-order valence-corrected chi connectivity index (χ2v) is 8.98. The first-order chi connectivity index (χ1) is 14.0. The van der Waals surface area contributed by atoms with Crippen LogP contribution in [0.4, 0.5) is 0 Å². The van der Waals surface area contributed by atoms with E-state index in [9.17, 15) is 18.0 Å². The molecular formula is C23H19NO4S. The average molecular weight is 405 g/mol. The van der Waals surface area contributed by atoms with Gasteiger partial charge in [-0.3, -0.25) is 14.5 Å². The van der Waals surface area contributed by atoms with Crippen LogP contribution in [0.25, 0.3) is 11.1 Å². The van der Waals surface area contributed by atoms with Crippen molar-refractivity contribution in [2.24, 2.45) is 0 Å². The maximum Gasteiger partial charge on any atom is 0.261 e. The lowest BCUT2D eigenvalue weighted by atomic mass is 10.1. The van der Waals surface area contributed by atoms with Crippen molar-refractivity contribution < 1.29 is 18.0 Å². The molecule has 0 N–H and O–H groups in total. The number of imide groups is 1. The SMILES string of the molecule is O=C1c2ccccc2C(=O)N1CCCS(=O)(=O)c1cccc(-c2ccccc2)c1. The van der Waals surface area contributed by atoms with E-state index in [1.165, 1.54) is 0 Å². The first-order valence-electron chi connectivity index (χ1n) is 9.31. The van der Waals surface area contributed by atoms with Crippen molar-refractivity contribution >= 4 is 21.7 Å². The highest BCUT2D eigenvalue weighted by atomic mass is 32.2. The largest absolute Gasteiger partial charge is 0.274 e. The van der Waals surface area contributed by atoms with Gasteiger partial charge in [-0.15, -0.1) is 0 Å². The molecule has 3 aromatic rings. The Morgan fingerprint density at radius 3 is 1.93 bits per heavy atom. The Kier molecular flexibility index (Phi) is 5.03. The zero-order valence-electron chi connectivity index (χ0n) is 15.6. The van der Waals surface area contributed by atoms with Gasteiger partial charge in [-0.1, -0.05) is 54.6 Å². The Morgan fingerprint density at radius 1 is 0.690 bits per heavy atom.